The standard InChI is InChI=1S/C24H21F3N6O6S/c25-24(26,27)39-17-3-1-15(2-4-17)38-16-5-7-18(8-6-16)40(36,37)23(22(34)32-35)9-11-33(12-10-23)20-14-30-21(29)19(13-28)31-20/h1-8,14,35H,9-12H2,(H2,29,30)(H,32,34). The zero-order valence-corrected chi connectivity index (χ0v) is 21.2. The van der Waals surface area contributed by atoms with Crippen molar-refractivity contribution in [1.29, 1.82) is 5.26 Å². The van der Waals surface area contributed by atoms with Gasteiger partial charge in [-0.2, -0.15) is 5.26 Å². The third-order valence-corrected chi connectivity index (χ3v) is 8.76. The van der Waals surface area contributed by atoms with Gasteiger partial charge in [0, 0.05) is 13.1 Å². The molecule has 3 aromatic rings. The molecule has 1 aromatic heterocycles. The number of hydrogen-bond donors (Lipinski definition) is 3. The molecule has 0 radical (unpaired) electrons. The fourth-order valence-corrected chi connectivity index (χ4v) is 6.15. The number of alkyl halides is 3. The number of rotatable bonds is 7. The Hall–Kier alpha value is -4.62. The molecule has 4 N–H and O–H groups in total. The number of nitrogens with zero attached hydrogens (tertiary/aromatic N) is 4. The summed E-state index contributed by atoms with van der Waals surface area (Å²) in [5, 5.41) is 18.5. The van der Waals surface area contributed by atoms with Crippen molar-refractivity contribution >= 4 is 27.4 Å². The van der Waals surface area contributed by atoms with Gasteiger partial charge in [0.25, 0.3) is 5.91 Å². The molecule has 2 heterocycles. The molecule has 1 aliphatic heterocycles. The average Bonchev–Trinajstić information content (AvgIpc) is 2.93. The van der Waals surface area contributed by atoms with E-state index in [1.165, 1.54) is 48.1 Å². The third kappa shape index (κ3) is 5.70. The molecule has 2 aromatic carbocycles. The Morgan fingerprint density at radius 2 is 1.62 bits per heavy atom. The van der Waals surface area contributed by atoms with Gasteiger partial charge in [-0.15, -0.1) is 13.2 Å². The first kappa shape index (κ1) is 28.4. The molecule has 0 spiro atoms. The lowest BCUT2D eigenvalue weighted by Crippen LogP contribution is -2.58. The predicted octanol–water partition coefficient (Wildman–Crippen LogP) is 2.94. The number of benzene rings is 2. The summed E-state index contributed by atoms with van der Waals surface area (Å²) in [5.41, 5.74) is 6.98. The van der Waals surface area contributed by atoms with Crippen LogP contribution in [0.2, 0.25) is 0 Å². The van der Waals surface area contributed by atoms with Crippen molar-refractivity contribution in [3.8, 4) is 23.3 Å². The molecule has 1 aliphatic rings. The molecule has 12 nitrogen and oxygen atoms in total. The normalized spacial score (nSPS) is 15.1. The van der Waals surface area contributed by atoms with Gasteiger partial charge in [0.15, 0.2) is 26.1 Å². The number of sulfone groups is 1. The van der Waals surface area contributed by atoms with Crippen molar-refractivity contribution in [2.75, 3.05) is 23.7 Å². The Morgan fingerprint density at radius 1 is 1.07 bits per heavy atom. The first-order valence-electron chi connectivity index (χ1n) is 11.5. The molecule has 0 saturated carbocycles. The number of carbonyl (C=O) groups is 1. The van der Waals surface area contributed by atoms with Gasteiger partial charge in [-0.1, -0.05) is 0 Å². The molecule has 210 valence electrons. The number of carbonyl (C=O) groups excluding carboxylic acids is 1. The summed E-state index contributed by atoms with van der Waals surface area (Å²) >= 11 is 0. The van der Waals surface area contributed by atoms with Gasteiger partial charge in [0.1, 0.15) is 29.1 Å². The van der Waals surface area contributed by atoms with Crippen molar-refractivity contribution in [2.45, 2.75) is 28.8 Å². The predicted molar refractivity (Wildman–Crippen MR) is 132 cm³/mol. The van der Waals surface area contributed by atoms with Gasteiger partial charge in [-0.3, -0.25) is 10.0 Å². The van der Waals surface area contributed by atoms with Gasteiger partial charge >= 0.3 is 6.36 Å². The van der Waals surface area contributed by atoms with E-state index in [2.05, 4.69) is 14.7 Å². The van der Waals surface area contributed by atoms with E-state index in [0.717, 1.165) is 12.1 Å². The van der Waals surface area contributed by atoms with Crippen LogP contribution in [0.1, 0.15) is 18.5 Å². The first-order chi connectivity index (χ1) is 18.9. The largest absolute Gasteiger partial charge is 0.573 e. The van der Waals surface area contributed by atoms with Crippen molar-refractivity contribution in [3.63, 3.8) is 0 Å². The molecule has 1 fully saturated rings. The number of piperidine rings is 1. The number of hydrogen-bond acceptors (Lipinski definition) is 11. The molecule has 4 rings (SSSR count). The summed E-state index contributed by atoms with van der Waals surface area (Å²) in [4.78, 5) is 22.2. The zero-order chi connectivity index (χ0) is 29.1. The zero-order valence-electron chi connectivity index (χ0n) is 20.4. The van der Waals surface area contributed by atoms with Crippen LogP contribution in [0.3, 0.4) is 0 Å². The Bertz CT molecular complexity index is 1540. The lowest BCUT2D eigenvalue weighted by atomic mass is 9.95. The Kier molecular flexibility index (Phi) is 7.71. The van der Waals surface area contributed by atoms with Crippen LogP contribution in [-0.2, 0) is 14.6 Å². The van der Waals surface area contributed by atoms with Crippen molar-refractivity contribution in [2.24, 2.45) is 0 Å². The Morgan fingerprint density at radius 3 is 2.15 bits per heavy atom. The quantitative estimate of drug-likeness (QED) is 0.277. The van der Waals surface area contributed by atoms with E-state index in [4.69, 9.17) is 15.7 Å². The number of anilines is 2. The summed E-state index contributed by atoms with van der Waals surface area (Å²) in [7, 11) is -4.36. The second-order valence-electron chi connectivity index (χ2n) is 8.59. The number of aromatic nitrogens is 2. The van der Waals surface area contributed by atoms with Gasteiger partial charge in [0.2, 0.25) is 0 Å². The maximum atomic E-state index is 13.7. The maximum absolute atomic E-state index is 13.7. The molecule has 16 heteroatoms. The number of nitrogen functional groups attached to an aromatic ring is 1. The summed E-state index contributed by atoms with van der Waals surface area (Å²) in [6.07, 6.45) is -3.95. The highest BCUT2D eigenvalue weighted by molar-refractivity contribution is 7.93. The number of hydroxylamine groups is 1. The molecular formula is C24H21F3N6O6S. The van der Waals surface area contributed by atoms with E-state index in [9.17, 15) is 31.6 Å². The highest BCUT2D eigenvalue weighted by atomic mass is 32.2. The number of nitrogens with one attached hydrogen (secondary N) is 1. The molecule has 1 saturated heterocycles. The minimum absolute atomic E-state index is 0.0331. The maximum Gasteiger partial charge on any atom is 0.573 e. The minimum Gasteiger partial charge on any atom is -0.457 e. The van der Waals surface area contributed by atoms with Gasteiger partial charge in [0.05, 0.1) is 11.1 Å². The van der Waals surface area contributed by atoms with Crippen molar-refractivity contribution in [1.82, 2.24) is 15.4 Å². The van der Waals surface area contributed by atoms with Crippen molar-refractivity contribution < 1.29 is 41.1 Å². The van der Waals surface area contributed by atoms with Crippen molar-refractivity contribution in [3.05, 3.63) is 60.4 Å². The minimum atomic E-state index is -4.84. The summed E-state index contributed by atoms with van der Waals surface area (Å²) in [6, 6.07) is 11.5. The molecule has 0 aliphatic carbocycles. The fourth-order valence-electron chi connectivity index (χ4n) is 4.20. The van der Waals surface area contributed by atoms with Crippen LogP contribution in [0.5, 0.6) is 17.2 Å². The Labute approximate surface area is 225 Å². The monoisotopic (exact) mass is 578 g/mol. The molecule has 0 atom stereocenters. The smallest absolute Gasteiger partial charge is 0.457 e. The summed E-state index contributed by atoms with van der Waals surface area (Å²) in [5.74, 6) is -0.975. The highest BCUT2D eigenvalue weighted by Crippen LogP contribution is 2.38. The average molecular weight is 579 g/mol. The van der Waals surface area contributed by atoms with Gasteiger partial charge in [-0.05, 0) is 61.4 Å². The van der Waals surface area contributed by atoms with Crippen LogP contribution in [-0.4, -0.2) is 53.7 Å². The van der Waals surface area contributed by atoms with Crippen LogP contribution >= 0.6 is 0 Å². The number of halogens is 3. The van der Waals surface area contributed by atoms with Crippen LogP contribution in [0.4, 0.5) is 24.8 Å². The van der Waals surface area contributed by atoms with E-state index < -0.39 is 32.6 Å². The van der Waals surface area contributed by atoms with Gasteiger partial charge < -0.3 is 20.1 Å². The molecule has 0 bridgehead atoms. The summed E-state index contributed by atoms with van der Waals surface area (Å²) < 4.78 is 71.7. The fraction of sp³-hybridized carbons (Fsp3) is 0.250. The van der Waals surface area contributed by atoms with E-state index in [-0.39, 0.29) is 59.7 Å². The molecule has 0 unspecified atom stereocenters. The molecule has 40 heavy (non-hydrogen) atoms. The lowest BCUT2D eigenvalue weighted by Gasteiger charge is -2.39. The van der Waals surface area contributed by atoms with Crippen LogP contribution in [0.25, 0.3) is 0 Å². The van der Waals surface area contributed by atoms with E-state index in [0.29, 0.717) is 0 Å². The highest BCUT2D eigenvalue weighted by Gasteiger charge is 2.53. The second kappa shape index (κ2) is 10.9. The van der Waals surface area contributed by atoms with Crippen LogP contribution in [0.15, 0.2) is 59.6 Å². The van der Waals surface area contributed by atoms with Gasteiger partial charge in [-0.25, -0.2) is 23.9 Å². The number of ether oxygens (including phenoxy) is 2. The summed E-state index contributed by atoms with van der Waals surface area (Å²) in [6.45, 7) is 0.0662. The third-order valence-electron chi connectivity index (χ3n) is 6.25. The second-order valence-corrected chi connectivity index (χ2v) is 10.9. The molecule has 1 amide bonds. The topological polar surface area (TPSA) is 181 Å². The Balaban J connectivity index is 1.52. The van der Waals surface area contributed by atoms with E-state index >= 15 is 0 Å². The first-order valence-corrected chi connectivity index (χ1v) is 13.0. The molecular weight excluding hydrogens is 557 g/mol. The number of nitriles is 1. The number of amides is 1. The van der Waals surface area contributed by atoms with Crippen LogP contribution in [0, 0.1) is 11.3 Å². The SMILES string of the molecule is N#Cc1nc(N2CCC(C(=O)NO)(S(=O)(=O)c3ccc(Oc4ccc(OC(F)(F)F)cc4)cc3)CC2)cnc1N. The van der Waals surface area contributed by atoms with E-state index in [1.807, 2.05) is 6.07 Å². The van der Waals surface area contributed by atoms with E-state index in [1.54, 1.807) is 4.90 Å². The van der Waals surface area contributed by atoms with Crippen LogP contribution < -0.4 is 25.6 Å². The lowest BCUT2D eigenvalue weighted by molar-refractivity contribution is -0.274. The number of nitrogens with two attached hydrogens (primary N) is 1.